The maximum atomic E-state index is 12.5. The van der Waals surface area contributed by atoms with Gasteiger partial charge in [0, 0.05) is 5.69 Å². The van der Waals surface area contributed by atoms with Gasteiger partial charge in [0.1, 0.15) is 11.6 Å². The first-order valence-corrected chi connectivity index (χ1v) is 9.51. The smallest absolute Gasteiger partial charge is 0.342 e. The summed E-state index contributed by atoms with van der Waals surface area (Å²) in [6.45, 7) is 3.59. The third-order valence-electron chi connectivity index (χ3n) is 4.47. The van der Waals surface area contributed by atoms with E-state index in [0.717, 1.165) is 5.56 Å². The molecule has 0 spiro atoms. The van der Waals surface area contributed by atoms with E-state index >= 15 is 0 Å². The lowest BCUT2D eigenvalue weighted by molar-refractivity contribution is -0.119. The van der Waals surface area contributed by atoms with Crippen molar-refractivity contribution in [3.8, 4) is 6.07 Å². The number of halogens is 1. The summed E-state index contributed by atoms with van der Waals surface area (Å²) in [6.07, 6.45) is 0. The lowest BCUT2D eigenvalue weighted by Gasteiger charge is -2.08. The summed E-state index contributed by atoms with van der Waals surface area (Å²) in [5, 5.41) is 16.1. The number of aryl methyl sites for hydroxylation is 1. The van der Waals surface area contributed by atoms with E-state index in [1.54, 1.807) is 24.6 Å². The molecule has 8 heteroatoms. The molecule has 3 rings (SSSR count). The highest BCUT2D eigenvalue weighted by Crippen LogP contribution is 2.20. The van der Waals surface area contributed by atoms with Crippen molar-refractivity contribution in [3.63, 3.8) is 0 Å². The number of rotatable bonds is 6. The summed E-state index contributed by atoms with van der Waals surface area (Å²) in [5.74, 6) is -1.13. The van der Waals surface area contributed by atoms with Crippen LogP contribution in [0.5, 0.6) is 0 Å². The largest absolute Gasteiger partial charge is 0.452 e. The zero-order valence-corrected chi connectivity index (χ0v) is 17.2. The van der Waals surface area contributed by atoms with E-state index in [4.69, 9.17) is 21.6 Å². The number of hydrogen-bond acceptors (Lipinski definition) is 5. The molecule has 152 valence electrons. The molecule has 1 N–H and O–H groups in total. The molecule has 2 aromatic carbocycles. The second-order valence-electron chi connectivity index (χ2n) is 6.62. The minimum Gasteiger partial charge on any atom is -0.452 e. The summed E-state index contributed by atoms with van der Waals surface area (Å²) in [5.41, 5.74) is 3.32. The Morgan fingerprint density at radius 2 is 1.93 bits per heavy atom. The summed E-state index contributed by atoms with van der Waals surface area (Å²) in [6, 6.07) is 16.2. The van der Waals surface area contributed by atoms with E-state index in [2.05, 4.69) is 10.4 Å². The molecule has 3 aromatic rings. The average molecular weight is 423 g/mol. The number of carbonyl (C=O) groups excluding carboxylic acids is 2. The van der Waals surface area contributed by atoms with Crippen LogP contribution in [0.25, 0.3) is 0 Å². The minimum absolute atomic E-state index is 0.226. The predicted octanol–water partition coefficient (Wildman–Crippen LogP) is 3.87. The quantitative estimate of drug-likeness (QED) is 0.608. The fraction of sp³-hybridized carbons (Fsp3) is 0.182. The number of benzene rings is 2. The Bertz CT molecular complexity index is 1130. The summed E-state index contributed by atoms with van der Waals surface area (Å²) in [4.78, 5) is 24.6. The predicted molar refractivity (Wildman–Crippen MR) is 112 cm³/mol. The van der Waals surface area contributed by atoms with Gasteiger partial charge in [-0.2, -0.15) is 10.4 Å². The van der Waals surface area contributed by atoms with E-state index in [1.165, 1.54) is 12.1 Å². The van der Waals surface area contributed by atoms with Gasteiger partial charge in [0.2, 0.25) is 0 Å². The molecular formula is C22H19ClN4O3. The van der Waals surface area contributed by atoms with E-state index in [-0.39, 0.29) is 5.02 Å². The van der Waals surface area contributed by atoms with Gasteiger partial charge in [0.25, 0.3) is 5.91 Å². The topological polar surface area (TPSA) is 97.0 Å². The number of carbonyl (C=O) groups is 2. The van der Waals surface area contributed by atoms with Gasteiger partial charge in [0.05, 0.1) is 28.5 Å². The third-order valence-corrected chi connectivity index (χ3v) is 4.78. The summed E-state index contributed by atoms with van der Waals surface area (Å²) < 4.78 is 6.91. The molecule has 0 unspecified atom stereocenters. The number of amides is 1. The minimum atomic E-state index is -0.614. The lowest BCUT2D eigenvalue weighted by atomic mass is 10.2. The van der Waals surface area contributed by atoms with Gasteiger partial charge in [-0.3, -0.25) is 9.48 Å². The van der Waals surface area contributed by atoms with Crippen molar-refractivity contribution < 1.29 is 14.3 Å². The van der Waals surface area contributed by atoms with E-state index < -0.39 is 18.5 Å². The van der Waals surface area contributed by atoms with Crippen molar-refractivity contribution in [1.29, 1.82) is 5.26 Å². The molecule has 0 bridgehead atoms. The Morgan fingerprint density at radius 1 is 1.20 bits per heavy atom. The number of anilines is 1. The molecule has 0 aliphatic heterocycles. The molecule has 0 radical (unpaired) electrons. The first-order chi connectivity index (χ1) is 14.4. The molecule has 1 amide bonds. The van der Waals surface area contributed by atoms with Gasteiger partial charge in [-0.05, 0) is 37.6 Å². The molecule has 1 aromatic heterocycles. The van der Waals surface area contributed by atoms with Crippen LogP contribution in [0.1, 0.15) is 32.9 Å². The maximum Gasteiger partial charge on any atom is 0.342 e. The number of esters is 1. The van der Waals surface area contributed by atoms with Crippen molar-refractivity contribution in [2.24, 2.45) is 0 Å². The molecule has 0 aliphatic rings. The van der Waals surface area contributed by atoms with Crippen molar-refractivity contribution in [2.75, 3.05) is 11.9 Å². The fourth-order valence-corrected chi connectivity index (χ4v) is 3.21. The van der Waals surface area contributed by atoms with E-state index in [0.29, 0.717) is 34.7 Å². The zero-order chi connectivity index (χ0) is 21.7. The molecule has 30 heavy (non-hydrogen) atoms. The van der Waals surface area contributed by atoms with Gasteiger partial charge in [0.15, 0.2) is 6.61 Å². The number of aromatic nitrogens is 2. The van der Waals surface area contributed by atoms with Crippen LogP contribution in [0.4, 0.5) is 5.69 Å². The Hall–Kier alpha value is -3.63. The van der Waals surface area contributed by atoms with Crippen molar-refractivity contribution >= 4 is 29.2 Å². The highest BCUT2D eigenvalue weighted by atomic mass is 35.5. The van der Waals surface area contributed by atoms with Crippen LogP contribution in [0.15, 0.2) is 48.5 Å². The van der Waals surface area contributed by atoms with Gasteiger partial charge >= 0.3 is 5.97 Å². The first kappa shape index (κ1) is 21.1. The van der Waals surface area contributed by atoms with Gasteiger partial charge in [-0.15, -0.1) is 0 Å². The number of hydrogen-bond donors (Lipinski definition) is 1. The van der Waals surface area contributed by atoms with Crippen LogP contribution in [0, 0.1) is 25.2 Å². The molecule has 0 aliphatic carbocycles. The molecule has 0 saturated heterocycles. The Morgan fingerprint density at radius 3 is 2.60 bits per heavy atom. The van der Waals surface area contributed by atoms with E-state index in [1.807, 2.05) is 36.4 Å². The number of nitrogens with zero attached hydrogens (tertiary/aromatic N) is 3. The van der Waals surface area contributed by atoms with Crippen LogP contribution in [-0.4, -0.2) is 28.3 Å². The SMILES string of the molecule is Cc1nn(Cc2ccccc2)c(C)c1C(=O)OCC(=O)Nc1ccc(C#N)c(Cl)c1. The zero-order valence-electron chi connectivity index (χ0n) is 16.5. The second-order valence-corrected chi connectivity index (χ2v) is 7.03. The monoisotopic (exact) mass is 422 g/mol. The highest BCUT2D eigenvalue weighted by Gasteiger charge is 2.21. The molecular weight excluding hydrogens is 404 g/mol. The number of nitrogens with one attached hydrogen (secondary N) is 1. The molecule has 1 heterocycles. The van der Waals surface area contributed by atoms with Crippen molar-refractivity contribution in [3.05, 3.63) is 81.6 Å². The second kappa shape index (κ2) is 9.25. The Labute approximate surface area is 178 Å². The van der Waals surface area contributed by atoms with Crippen LogP contribution >= 0.6 is 11.6 Å². The number of nitriles is 1. The maximum absolute atomic E-state index is 12.5. The van der Waals surface area contributed by atoms with Crippen LogP contribution in [-0.2, 0) is 16.1 Å². The standard InChI is InChI=1S/C22H19ClN4O3/c1-14-21(15(2)27(26-14)12-16-6-4-3-5-7-16)22(29)30-13-20(28)25-18-9-8-17(11-24)19(23)10-18/h3-10H,12-13H2,1-2H3,(H,25,28). The van der Waals surface area contributed by atoms with Crippen LogP contribution in [0.3, 0.4) is 0 Å². The fourth-order valence-electron chi connectivity index (χ4n) is 2.99. The average Bonchev–Trinajstić information content (AvgIpc) is 3.00. The third kappa shape index (κ3) is 4.85. The molecule has 7 nitrogen and oxygen atoms in total. The number of ether oxygens (including phenoxy) is 1. The van der Waals surface area contributed by atoms with Crippen LogP contribution < -0.4 is 5.32 Å². The molecule has 0 atom stereocenters. The van der Waals surface area contributed by atoms with Gasteiger partial charge < -0.3 is 10.1 Å². The van der Waals surface area contributed by atoms with Gasteiger partial charge in [-0.1, -0.05) is 41.9 Å². The van der Waals surface area contributed by atoms with E-state index in [9.17, 15) is 9.59 Å². The Balaban J connectivity index is 1.63. The van der Waals surface area contributed by atoms with Gasteiger partial charge in [-0.25, -0.2) is 4.79 Å². The lowest BCUT2D eigenvalue weighted by Crippen LogP contribution is -2.21. The molecule has 0 fully saturated rings. The summed E-state index contributed by atoms with van der Waals surface area (Å²) >= 11 is 5.95. The first-order valence-electron chi connectivity index (χ1n) is 9.13. The highest BCUT2D eigenvalue weighted by molar-refractivity contribution is 6.32. The normalized spacial score (nSPS) is 10.3. The van der Waals surface area contributed by atoms with Crippen molar-refractivity contribution in [2.45, 2.75) is 20.4 Å². The molecule has 0 saturated carbocycles. The summed E-state index contributed by atoms with van der Waals surface area (Å²) in [7, 11) is 0. The Kier molecular flexibility index (Phi) is 6.50. The van der Waals surface area contributed by atoms with Crippen LogP contribution in [0.2, 0.25) is 5.02 Å². The van der Waals surface area contributed by atoms with Crippen molar-refractivity contribution in [1.82, 2.24) is 9.78 Å².